The number of nitrogens with zero attached hydrogens (tertiary/aromatic N) is 1. The Morgan fingerprint density at radius 1 is 1.44 bits per heavy atom. The average Bonchev–Trinajstić information content (AvgIpc) is 1.89. The van der Waals surface area contributed by atoms with E-state index >= 15 is 0 Å². The van der Waals surface area contributed by atoms with E-state index in [1.807, 2.05) is 6.92 Å². The van der Waals surface area contributed by atoms with Crippen LogP contribution in [0.5, 0.6) is 0 Å². The van der Waals surface area contributed by atoms with Gasteiger partial charge >= 0.3 is 0 Å². The van der Waals surface area contributed by atoms with Crippen LogP contribution in [0.15, 0.2) is 4.99 Å². The molecule has 0 spiro atoms. The SMILES string of the molecule is CC=NCCOCCC. The van der Waals surface area contributed by atoms with Crippen LogP contribution in [0, 0.1) is 0 Å². The van der Waals surface area contributed by atoms with Gasteiger partial charge in [-0.25, -0.2) is 0 Å². The largest absolute Gasteiger partial charge is 0.380 e. The Morgan fingerprint density at radius 3 is 2.78 bits per heavy atom. The minimum atomic E-state index is 0.762. The van der Waals surface area contributed by atoms with E-state index in [4.69, 9.17) is 4.74 Å². The van der Waals surface area contributed by atoms with Gasteiger partial charge in [0.1, 0.15) is 0 Å². The summed E-state index contributed by atoms with van der Waals surface area (Å²) in [5.41, 5.74) is 0. The van der Waals surface area contributed by atoms with Crippen molar-refractivity contribution in [2.75, 3.05) is 19.8 Å². The first kappa shape index (κ1) is 8.63. The summed E-state index contributed by atoms with van der Waals surface area (Å²) >= 11 is 0. The van der Waals surface area contributed by atoms with Crippen molar-refractivity contribution in [3.8, 4) is 0 Å². The molecule has 0 amide bonds. The van der Waals surface area contributed by atoms with Crippen LogP contribution in [-0.4, -0.2) is 26.0 Å². The van der Waals surface area contributed by atoms with Crippen LogP contribution >= 0.6 is 0 Å². The lowest BCUT2D eigenvalue weighted by molar-refractivity contribution is 0.142. The van der Waals surface area contributed by atoms with Gasteiger partial charge in [-0.2, -0.15) is 0 Å². The number of hydrogen-bond donors (Lipinski definition) is 0. The summed E-state index contributed by atoms with van der Waals surface area (Å²) in [6.07, 6.45) is 2.89. The van der Waals surface area contributed by atoms with Gasteiger partial charge in [0.05, 0.1) is 13.2 Å². The molecule has 9 heavy (non-hydrogen) atoms. The summed E-state index contributed by atoms with van der Waals surface area (Å²) in [4.78, 5) is 3.99. The molecule has 0 aromatic heterocycles. The van der Waals surface area contributed by atoms with Crippen molar-refractivity contribution in [2.24, 2.45) is 4.99 Å². The molecule has 0 radical (unpaired) electrons. The first-order valence-corrected chi connectivity index (χ1v) is 3.44. The highest BCUT2D eigenvalue weighted by molar-refractivity contribution is 5.53. The van der Waals surface area contributed by atoms with Crippen LogP contribution in [0.25, 0.3) is 0 Å². The van der Waals surface area contributed by atoms with Crippen molar-refractivity contribution in [1.29, 1.82) is 0 Å². The number of aliphatic imine (C=N–C) groups is 1. The van der Waals surface area contributed by atoms with E-state index in [9.17, 15) is 0 Å². The fourth-order valence-electron chi connectivity index (χ4n) is 0.493. The van der Waals surface area contributed by atoms with Crippen LogP contribution in [0.4, 0.5) is 0 Å². The zero-order valence-corrected chi connectivity index (χ0v) is 6.26. The van der Waals surface area contributed by atoms with E-state index in [-0.39, 0.29) is 0 Å². The Balaban J connectivity index is 2.75. The summed E-state index contributed by atoms with van der Waals surface area (Å²) in [6.45, 7) is 6.44. The molecule has 0 aliphatic heterocycles. The van der Waals surface area contributed by atoms with Crippen molar-refractivity contribution in [3.05, 3.63) is 0 Å². The monoisotopic (exact) mass is 129 g/mol. The Bertz CT molecular complexity index is 71.3. The Hall–Kier alpha value is -0.370. The fourth-order valence-corrected chi connectivity index (χ4v) is 0.493. The molecule has 0 aliphatic rings. The molecule has 0 saturated carbocycles. The van der Waals surface area contributed by atoms with Gasteiger partial charge in [0.15, 0.2) is 0 Å². The van der Waals surface area contributed by atoms with E-state index in [0.717, 1.165) is 26.2 Å². The maximum Gasteiger partial charge on any atom is 0.0661 e. The molecular formula is C7H15NO. The second-order valence-electron chi connectivity index (χ2n) is 1.78. The maximum absolute atomic E-state index is 5.17. The van der Waals surface area contributed by atoms with E-state index in [1.165, 1.54) is 0 Å². The molecule has 0 bridgehead atoms. The van der Waals surface area contributed by atoms with Gasteiger partial charge in [-0.3, -0.25) is 4.99 Å². The van der Waals surface area contributed by atoms with Crippen LogP contribution in [0.3, 0.4) is 0 Å². The second-order valence-corrected chi connectivity index (χ2v) is 1.78. The third-order valence-corrected chi connectivity index (χ3v) is 0.896. The van der Waals surface area contributed by atoms with Crippen molar-refractivity contribution < 1.29 is 4.74 Å². The molecule has 54 valence electrons. The van der Waals surface area contributed by atoms with Crippen LogP contribution < -0.4 is 0 Å². The highest BCUT2D eigenvalue weighted by atomic mass is 16.5. The number of hydrogen-bond acceptors (Lipinski definition) is 2. The number of rotatable bonds is 5. The van der Waals surface area contributed by atoms with Crippen molar-refractivity contribution >= 4 is 6.21 Å². The molecule has 2 nitrogen and oxygen atoms in total. The molecule has 0 rings (SSSR count). The van der Waals surface area contributed by atoms with E-state index in [2.05, 4.69) is 11.9 Å². The summed E-state index contributed by atoms with van der Waals surface area (Å²) in [6, 6.07) is 0. The maximum atomic E-state index is 5.17. The van der Waals surface area contributed by atoms with Gasteiger partial charge in [-0.1, -0.05) is 6.92 Å². The van der Waals surface area contributed by atoms with Gasteiger partial charge in [-0.05, 0) is 19.6 Å². The third-order valence-electron chi connectivity index (χ3n) is 0.896. The highest BCUT2D eigenvalue weighted by Gasteiger charge is 1.80. The molecule has 0 aliphatic carbocycles. The van der Waals surface area contributed by atoms with Crippen LogP contribution in [0.1, 0.15) is 20.3 Å². The van der Waals surface area contributed by atoms with Crippen LogP contribution in [0.2, 0.25) is 0 Å². The molecule has 0 unspecified atom stereocenters. The van der Waals surface area contributed by atoms with Gasteiger partial charge in [0, 0.05) is 6.61 Å². The zero-order valence-electron chi connectivity index (χ0n) is 6.26. The quantitative estimate of drug-likeness (QED) is 0.407. The lowest BCUT2D eigenvalue weighted by Gasteiger charge is -1.96. The third kappa shape index (κ3) is 7.63. The Labute approximate surface area is 56.9 Å². The predicted molar refractivity (Wildman–Crippen MR) is 40.1 cm³/mol. The van der Waals surface area contributed by atoms with E-state index in [1.54, 1.807) is 6.21 Å². The average molecular weight is 129 g/mol. The molecule has 2 heteroatoms. The summed E-state index contributed by atoms with van der Waals surface area (Å²) in [5, 5.41) is 0. The molecule has 0 atom stereocenters. The first-order valence-electron chi connectivity index (χ1n) is 3.44. The predicted octanol–water partition coefficient (Wildman–Crippen LogP) is 1.50. The van der Waals surface area contributed by atoms with Crippen molar-refractivity contribution in [3.63, 3.8) is 0 Å². The van der Waals surface area contributed by atoms with E-state index in [0.29, 0.717) is 0 Å². The fraction of sp³-hybridized carbons (Fsp3) is 0.857. The minimum Gasteiger partial charge on any atom is -0.380 e. The minimum absolute atomic E-state index is 0.762. The molecule has 0 N–H and O–H groups in total. The van der Waals surface area contributed by atoms with Crippen LogP contribution in [-0.2, 0) is 4.74 Å². The lowest BCUT2D eigenvalue weighted by Crippen LogP contribution is -1.98. The first-order chi connectivity index (χ1) is 4.41. The smallest absolute Gasteiger partial charge is 0.0661 e. The van der Waals surface area contributed by atoms with Gasteiger partial charge < -0.3 is 4.74 Å². The van der Waals surface area contributed by atoms with Crippen molar-refractivity contribution in [1.82, 2.24) is 0 Å². The molecule has 0 fully saturated rings. The summed E-state index contributed by atoms with van der Waals surface area (Å²) in [7, 11) is 0. The Morgan fingerprint density at radius 2 is 2.22 bits per heavy atom. The summed E-state index contributed by atoms with van der Waals surface area (Å²) < 4.78 is 5.17. The summed E-state index contributed by atoms with van der Waals surface area (Å²) in [5.74, 6) is 0. The Kier molecular flexibility index (Phi) is 7.32. The van der Waals surface area contributed by atoms with Crippen molar-refractivity contribution in [2.45, 2.75) is 20.3 Å². The second kappa shape index (κ2) is 7.63. The lowest BCUT2D eigenvalue weighted by atomic mass is 10.5. The highest BCUT2D eigenvalue weighted by Crippen LogP contribution is 1.79. The van der Waals surface area contributed by atoms with Gasteiger partial charge in [0.2, 0.25) is 0 Å². The molecule has 0 aromatic rings. The molecular weight excluding hydrogens is 114 g/mol. The molecule has 0 heterocycles. The van der Waals surface area contributed by atoms with E-state index < -0.39 is 0 Å². The standard InChI is InChI=1S/C7H15NO/c1-3-6-9-7-5-8-4-2/h4H,3,5-7H2,1-2H3. The molecule has 0 aromatic carbocycles. The van der Waals surface area contributed by atoms with Gasteiger partial charge in [0.25, 0.3) is 0 Å². The van der Waals surface area contributed by atoms with Gasteiger partial charge in [-0.15, -0.1) is 0 Å². The molecule has 0 saturated heterocycles. The normalized spacial score (nSPS) is 10.9. The number of ether oxygens (including phenoxy) is 1. The topological polar surface area (TPSA) is 21.6 Å². The zero-order chi connectivity index (χ0) is 6.95.